The lowest BCUT2D eigenvalue weighted by atomic mass is 9.91. The molecule has 2 atom stereocenters. The number of carbonyl (C=O) groups is 1. The number of nitrogens with one attached hydrogen (secondary N) is 1. The lowest BCUT2D eigenvalue weighted by Crippen LogP contribution is -2.51. The number of methoxy groups -OCH3 is 1. The van der Waals surface area contributed by atoms with Crippen molar-refractivity contribution in [1.82, 2.24) is 9.88 Å². The van der Waals surface area contributed by atoms with E-state index in [0.29, 0.717) is 19.0 Å². The summed E-state index contributed by atoms with van der Waals surface area (Å²) in [6.45, 7) is 7.32. The van der Waals surface area contributed by atoms with Gasteiger partial charge in [-0.15, -0.1) is 0 Å². The molecule has 3 aliphatic heterocycles. The van der Waals surface area contributed by atoms with Crippen LogP contribution in [0, 0.1) is 5.92 Å². The number of hydrogen-bond acceptors (Lipinski definition) is 6. The van der Waals surface area contributed by atoms with Crippen LogP contribution < -0.4 is 15.0 Å². The Balaban J connectivity index is 1.46. The van der Waals surface area contributed by atoms with Gasteiger partial charge in [0.1, 0.15) is 11.4 Å². The number of carbonyl (C=O) groups excluding carboxylic acids is 1. The number of ether oxygens (including phenoxy) is 2. The van der Waals surface area contributed by atoms with E-state index in [1.54, 1.807) is 7.11 Å². The molecule has 2 aromatic rings. The minimum absolute atomic E-state index is 0.0269. The van der Waals surface area contributed by atoms with Crippen molar-refractivity contribution in [1.29, 1.82) is 0 Å². The zero-order chi connectivity index (χ0) is 22.2. The van der Waals surface area contributed by atoms with Gasteiger partial charge in [0.05, 0.1) is 50.0 Å². The molecular weight excluding hydrogens is 406 g/mol. The van der Waals surface area contributed by atoms with E-state index in [4.69, 9.17) is 19.5 Å². The molecule has 3 aliphatic rings. The van der Waals surface area contributed by atoms with Gasteiger partial charge in [-0.1, -0.05) is 26.0 Å². The van der Waals surface area contributed by atoms with Gasteiger partial charge >= 0.3 is 6.03 Å². The molecule has 2 unspecified atom stereocenters. The summed E-state index contributed by atoms with van der Waals surface area (Å²) in [6.07, 6.45) is 2.63. The van der Waals surface area contributed by atoms with Crippen molar-refractivity contribution in [2.24, 2.45) is 10.9 Å². The van der Waals surface area contributed by atoms with Gasteiger partial charge in [-0.3, -0.25) is 9.89 Å². The van der Waals surface area contributed by atoms with Gasteiger partial charge < -0.3 is 19.7 Å². The second kappa shape index (κ2) is 8.43. The molecule has 8 heteroatoms. The molecule has 1 fully saturated rings. The molecule has 2 amide bonds. The average molecular weight is 436 g/mol. The van der Waals surface area contributed by atoms with Gasteiger partial charge in [0.2, 0.25) is 0 Å². The number of nitrogens with zero attached hydrogens (tertiary/aromatic N) is 4. The van der Waals surface area contributed by atoms with Crippen LogP contribution in [0.2, 0.25) is 0 Å². The third-order valence-electron chi connectivity index (χ3n) is 6.42. The summed E-state index contributed by atoms with van der Waals surface area (Å²) in [4.78, 5) is 27.0. The Hall–Kier alpha value is -3.13. The summed E-state index contributed by atoms with van der Waals surface area (Å²) < 4.78 is 10.7. The van der Waals surface area contributed by atoms with Crippen LogP contribution in [0.3, 0.4) is 0 Å². The molecule has 1 aromatic carbocycles. The van der Waals surface area contributed by atoms with Crippen LogP contribution in [0.15, 0.2) is 41.5 Å². The fourth-order valence-electron chi connectivity index (χ4n) is 4.82. The van der Waals surface area contributed by atoms with E-state index in [9.17, 15) is 4.79 Å². The van der Waals surface area contributed by atoms with Crippen LogP contribution in [-0.2, 0) is 11.2 Å². The topological polar surface area (TPSA) is 79.3 Å². The number of urea groups is 1. The van der Waals surface area contributed by atoms with E-state index >= 15 is 0 Å². The van der Waals surface area contributed by atoms with Crippen molar-refractivity contribution < 1.29 is 14.3 Å². The Morgan fingerprint density at radius 2 is 1.97 bits per heavy atom. The van der Waals surface area contributed by atoms with E-state index in [1.807, 2.05) is 29.3 Å². The first kappa shape index (κ1) is 20.8. The lowest BCUT2D eigenvalue weighted by Gasteiger charge is -2.35. The van der Waals surface area contributed by atoms with Gasteiger partial charge in [0.25, 0.3) is 0 Å². The summed E-state index contributed by atoms with van der Waals surface area (Å²) in [6, 6.07) is 9.87. The predicted molar refractivity (Wildman–Crippen MR) is 124 cm³/mol. The van der Waals surface area contributed by atoms with Gasteiger partial charge in [0, 0.05) is 13.1 Å². The third-order valence-corrected chi connectivity index (χ3v) is 6.42. The molecule has 8 nitrogen and oxygen atoms in total. The smallest absolute Gasteiger partial charge is 0.327 e. The number of aliphatic imine (C=N–C) groups is 1. The Kier molecular flexibility index (Phi) is 5.46. The SMILES string of the molecule is COc1ccc(CC2N=C3c4ncc(N5CCOCC5)cc4NC(=O)N3C2C(C)C)cc1. The van der Waals surface area contributed by atoms with Crippen molar-refractivity contribution >= 4 is 23.2 Å². The zero-order valence-electron chi connectivity index (χ0n) is 18.7. The normalized spacial score (nSPS) is 22.4. The highest BCUT2D eigenvalue weighted by Gasteiger charge is 2.45. The summed E-state index contributed by atoms with van der Waals surface area (Å²) in [5.41, 5.74) is 3.63. The van der Waals surface area contributed by atoms with Crippen LogP contribution in [-0.4, -0.2) is 67.2 Å². The maximum Gasteiger partial charge on any atom is 0.327 e. The molecule has 32 heavy (non-hydrogen) atoms. The van der Waals surface area contributed by atoms with E-state index < -0.39 is 0 Å². The first-order chi connectivity index (χ1) is 15.5. The standard InChI is InChI=1S/C24H29N5O3/c1-15(2)22-20(12-16-4-6-18(31-3)7-5-16)26-23-21-19(27-24(30)29(22)23)13-17(14-25-21)28-8-10-32-11-9-28/h4-7,13-15,20,22H,8-12H2,1-3H3,(H,27,30). The van der Waals surface area contributed by atoms with Crippen LogP contribution in [0.25, 0.3) is 0 Å². The number of amidine groups is 1. The highest BCUT2D eigenvalue weighted by Crippen LogP contribution is 2.35. The van der Waals surface area contributed by atoms with Gasteiger partial charge in [-0.05, 0) is 36.1 Å². The number of aromatic nitrogens is 1. The molecule has 0 bridgehead atoms. The fourth-order valence-corrected chi connectivity index (χ4v) is 4.82. The molecule has 0 spiro atoms. The molecule has 0 radical (unpaired) electrons. The Labute approximate surface area is 188 Å². The number of benzene rings is 1. The van der Waals surface area contributed by atoms with Crippen LogP contribution in [0.4, 0.5) is 16.2 Å². The monoisotopic (exact) mass is 435 g/mol. The van der Waals surface area contributed by atoms with Crippen LogP contribution >= 0.6 is 0 Å². The second-order valence-electron chi connectivity index (χ2n) is 8.80. The van der Waals surface area contributed by atoms with Crippen LogP contribution in [0.5, 0.6) is 5.75 Å². The van der Waals surface area contributed by atoms with Gasteiger partial charge in [0.15, 0.2) is 5.84 Å². The largest absolute Gasteiger partial charge is 0.497 e. The molecule has 1 saturated heterocycles. The van der Waals surface area contributed by atoms with Crippen molar-refractivity contribution in [3.8, 4) is 5.75 Å². The van der Waals surface area contributed by atoms with Crippen molar-refractivity contribution in [3.05, 3.63) is 47.8 Å². The number of morpholine rings is 1. The number of fused-ring (bicyclic) bond motifs is 3. The van der Waals surface area contributed by atoms with Crippen molar-refractivity contribution in [2.45, 2.75) is 32.4 Å². The number of hydrogen-bond donors (Lipinski definition) is 1. The quantitative estimate of drug-likeness (QED) is 0.781. The number of amides is 2. The maximum absolute atomic E-state index is 13.2. The average Bonchev–Trinajstić information content (AvgIpc) is 3.20. The number of anilines is 2. The molecule has 4 heterocycles. The highest BCUT2D eigenvalue weighted by atomic mass is 16.5. The van der Waals surface area contributed by atoms with Gasteiger partial charge in [-0.2, -0.15) is 0 Å². The number of rotatable bonds is 5. The Morgan fingerprint density at radius 3 is 2.66 bits per heavy atom. The molecular formula is C24H29N5O3. The zero-order valence-corrected chi connectivity index (χ0v) is 18.7. The number of pyridine rings is 1. The molecule has 0 saturated carbocycles. The minimum Gasteiger partial charge on any atom is -0.497 e. The van der Waals surface area contributed by atoms with Gasteiger partial charge in [-0.25, -0.2) is 9.78 Å². The maximum atomic E-state index is 13.2. The van der Waals surface area contributed by atoms with E-state index in [1.165, 1.54) is 5.56 Å². The molecule has 5 rings (SSSR count). The molecule has 0 aliphatic carbocycles. The fraction of sp³-hybridized carbons (Fsp3) is 0.458. The van der Waals surface area contributed by atoms with E-state index in [0.717, 1.165) is 42.3 Å². The van der Waals surface area contributed by atoms with E-state index in [-0.39, 0.29) is 24.0 Å². The Bertz CT molecular complexity index is 1030. The summed E-state index contributed by atoms with van der Waals surface area (Å²) in [5.74, 6) is 1.76. The Morgan fingerprint density at radius 1 is 1.22 bits per heavy atom. The molecule has 1 aromatic heterocycles. The second-order valence-corrected chi connectivity index (χ2v) is 8.80. The lowest BCUT2D eigenvalue weighted by molar-refractivity contribution is 0.122. The third kappa shape index (κ3) is 3.68. The van der Waals surface area contributed by atoms with Crippen molar-refractivity contribution in [3.63, 3.8) is 0 Å². The predicted octanol–water partition coefficient (Wildman–Crippen LogP) is 3.17. The molecule has 168 valence electrons. The van der Waals surface area contributed by atoms with Crippen LogP contribution in [0.1, 0.15) is 25.1 Å². The summed E-state index contributed by atoms with van der Waals surface area (Å²) >= 11 is 0. The van der Waals surface area contributed by atoms with Crippen molar-refractivity contribution in [2.75, 3.05) is 43.6 Å². The first-order valence-electron chi connectivity index (χ1n) is 11.2. The first-order valence-corrected chi connectivity index (χ1v) is 11.2. The summed E-state index contributed by atoms with van der Waals surface area (Å²) in [7, 11) is 1.66. The highest BCUT2D eigenvalue weighted by molar-refractivity contribution is 6.18. The van der Waals surface area contributed by atoms with E-state index in [2.05, 4.69) is 36.2 Å². The summed E-state index contributed by atoms with van der Waals surface area (Å²) in [5, 5.41) is 3.06. The molecule has 1 N–H and O–H groups in total. The minimum atomic E-state index is -0.131.